The fraction of sp³-hybridized carbons (Fsp3) is 0.231. The number of aromatic nitrogens is 3. The summed E-state index contributed by atoms with van der Waals surface area (Å²) >= 11 is 2.43. The molecule has 4 aliphatic heterocycles. The Kier molecular flexibility index (Phi) is 8.41. The summed E-state index contributed by atoms with van der Waals surface area (Å²) < 4.78 is 1.81. The number of amides is 3. The maximum atomic E-state index is 13.1. The zero-order valence-corrected chi connectivity index (χ0v) is 24.0. The lowest BCUT2D eigenvalue weighted by molar-refractivity contribution is -0.150. The van der Waals surface area contributed by atoms with Crippen LogP contribution in [0.4, 0.5) is 5.13 Å². The van der Waals surface area contributed by atoms with Crippen LogP contribution in [0.1, 0.15) is 23.1 Å². The van der Waals surface area contributed by atoms with Crippen molar-refractivity contribution in [3.63, 3.8) is 0 Å². The highest BCUT2D eigenvalue weighted by atomic mass is 32.2. The number of thiazole rings is 1. The number of rotatable bonds is 10. The quantitative estimate of drug-likeness (QED) is 0.0822. The smallest absolute Gasteiger partial charge is 0.352 e. The van der Waals surface area contributed by atoms with Gasteiger partial charge in [-0.1, -0.05) is 17.3 Å². The lowest BCUT2D eigenvalue weighted by atomic mass is 10.0. The van der Waals surface area contributed by atoms with Gasteiger partial charge in [0.15, 0.2) is 17.0 Å². The molecule has 5 rings (SSSR count). The second-order valence-electron chi connectivity index (χ2n) is 9.01. The largest absolute Gasteiger partial charge is 0.477 e. The van der Waals surface area contributed by atoms with E-state index in [1.807, 2.05) is 5.32 Å². The fourth-order valence-electron chi connectivity index (χ4n) is 4.50. The molecule has 1 fully saturated rings. The number of carbonyl (C=O) groups is 4. The number of nitrogens with zero attached hydrogens (tertiary/aromatic N) is 6. The van der Waals surface area contributed by atoms with Crippen LogP contribution in [-0.4, -0.2) is 77.7 Å². The van der Waals surface area contributed by atoms with Crippen molar-refractivity contribution in [1.29, 1.82) is 5.26 Å². The number of β-lactam (4-membered cyclic amide) rings is 1. The zero-order chi connectivity index (χ0) is 30.7. The average molecular weight is 622 g/mol. The number of anilines is 1. The number of thioether (sulfide) groups is 1. The van der Waals surface area contributed by atoms with Crippen molar-refractivity contribution in [3.05, 3.63) is 64.6 Å². The van der Waals surface area contributed by atoms with Gasteiger partial charge < -0.3 is 25.6 Å². The first-order valence-corrected chi connectivity index (χ1v) is 14.6. The van der Waals surface area contributed by atoms with Crippen molar-refractivity contribution < 1.29 is 29.1 Å². The van der Waals surface area contributed by atoms with Crippen LogP contribution in [0.3, 0.4) is 0 Å². The first-order valence-electron chi connectivity index (χ1n) is 12.7. The third-order valence-corrected chi connectivity index (χ3v) is 8.36. The van der Waals surface area contributed by atoms with Gasteiger partial charge in [-0.05, 0) is 30.7 Å². The van der Waals surface area contributed by atoms with Crippen molar-refractivity contribution in [2.75, 3.05) is 18.1 Å². The average Bonchev–Trinajstić information content (AvgIpc) is 3.62. The first kappa shape index (κ1) is 29.3. The summed E-state index contributed by atoms with van der Waals surface area (Å²) in [6, 6.07) is 4.05. The van der Waals surface area contributed by atoms with Crippen LogP contribution < -0.4 is 16.4 Å². The van der Waals surface area contributed by atoms with Gasteiger partial charge in [-0.25, -0.2) is 14.8 Å². The predicted molar refractivity (Wildman–Crippen MR) is 155 cm³/mol. The van der Waals surface area contributed by atoms with Crippen molar-refractivity contribution >= 4 is 57.6 Å². The van der Waals surface area contributed by atoms with Gasteiger partial charge in [0, 0.05) is 23.9 Å². The molecule has 0 spiro atoms. The summed E-state index contributed by atoms with van der Waals surface area (Å²) in [7, 11) is 0. The topological polar surface area (TPSA) is 218 Å². The summed E-state index contributed by atoms with van der Waals surface area (Å²) in [6.07, 6.45) is 6.72. The molecule has 220 valence electrons. The summed E-state index contributed by atoms with van der Waals surface area (Å²) in [6.45, 7) is 2.20. The van der Waals surface area contributed by atoms with Gasteiger partial charge in [0.2, 0.25) is 0 Å². The number of allylic oxidation sites excluding steroid dienone is 2. The Balaban J connectivity index is 1.31. The van der Waals surface area contributed by atoms with Gasteiger partial charge in [0.05, 0.1) is 11.4 Å². The molecule has 5 N–H and O–H groups in total. The molecule has 2 atom stereocenters. The van der Waals surface area contributed by atoms with Gasteiger partial charge in [-0.2, -0.15) is 5.26 Å². The number of oxime groups is 1. The molecule has 4 aliphatic rings. The van der Waals surface area contributed by atoms with Crippen LogP contribution in [0.15, 0.2) is 58.4 Å². The van der Waals surface area contributed by atoms with Gasteiger partial charge in [0.25, 0.3) is 17.7 Å². The Labute approximate surface area is 252 Å². The molecule has 5 heterocycles. The normalized spacial score (nSPS) is 18.3. The minimum absolute atomic E-state index is 0.0935. The lowest BCUT2D eigenvalue weighted by Gasteiger charge is -2.49. The minimum atomic E-state index is -1.28. The van der Waals surface area contributed by atoms with E-state index in [9.17, 15) is 24.3 Å². The molecule has 1 aromatic rings. The molecule has 3 amide bonds. The molecule has 0 bridgehead atoms. The Bertz CT molecular complexity index is 1720. The first-order chi connectivity index (χ1) is 20.7. The van der Waals surface area contributed by atoms with Crippen molar-refractivity contribution in [2.24, 2.45) is 5.16 Å². The van der Waals surface area contributed by atoms with Crippen LogP contribution in [0.25, 0.3) is 11.4 Å². The standard InChI is InChI=1S/C26H23N9O6S2/c1-2-41-33-18(16-11-43-26(28)31-16)22(37)32-19-23(38)35-20(25(39)40)13(10-42-24(19)35)5-3-7-34-8-4-6-14-17(34)9-15(30-14)21(36)29-12-27/h3-6,8-9,11,19,24H,2,7,10H2,1H3,(H2,28,31)(H,29,36)(H,32,37)(H,39,40)/b5-3+,33-18-/t19-,24-/m1/s1. The number of nitrogens with two attached hydrogens (primary N) is 1. The molecular weight excluding hydrogens is 598 g/mol. The zero-order valence-electron chi connectivity index (χ0n) is 22.4. The van der Waals surface area contributed by atoms with E-state index < -0.39 is 35.1 Å². The number of nitriles is 1. The van der Waals surface area contributed by atoms with Crippen LogP contribution >= 0.6 is 23.1 Å². The molecule has 0 radical (unpaired) electrons. The monoisotopic (exact) mass is 621 g/mol. The number of fused-ring (bicyclic) bond motifs is 2. The van der Waals surface area contributed by atoms with E-state index in [1.165, 1.54) is 11.8 Å². The Morgan fingerprint density at radius 3 is 2.86 bits per heavy atom. The number of nitrogen functional groups attached to an aromatic ring is 1. The van der Waals surface area contributed by atoms with E-state index in [0.717, 1.165) is 16.2 Å². The van der Waals surface area contributed by atoms with E-state index >= 15 is 0 Å². The molecule has 0 saturated carbocycles. The lowest BCUT2D eigenvalue weighted by Crippen LogP contribution is -2.71. The van der Waals surface area contributed by atoms with Crippen LogP contribution in [0.2, 0.25) is 0 Å². The number of carbonyl (C=O) groups excluding carboxylic acids is 3. The number of hydrogen-bond donors (Lipinski definition) is 4. The van der Waals surface area contributed by atoms with E-state index in [1.54, 1.807) is 59.6 Å². The van der Waals surface area contributed by atoms with Crippen LogP contribution in [0, 0.1) is 11.5 Å². The fourth-order valence-corrected chi connectivity index (χ4v) is 6.37. The second kappa shape index (κ2) is 12.3. The molecule has 15 nitrogen and oxygen atoms in total. The molecule has 1 saturated heterocycles. The molecule has 17 heteroatoms. The Morgan fingerprint density at radius 1 is 1.35 bits per heavy atom. The number of hydrogen-bond acceptors (Lipinski definition) is 12. The molecule has 0 aromatic carbocycles. The summed E-state index contributed by atoms with van der Waals surface area (Å²) in [5.41, 5.74) is 7.27. The number of pyridine rings is 1. The highest BCUT2D eigenvalue weighted by Crippen LogP contribution is 2.40. The highest BCUT2D eigenvalue weighted by Gasteiger charge is 2.54. The summed E-state index contributed by atoms with van der Waals surface area (Å²) in [5.74, 6) is -2.90. The van der Waals surface area contributed by atoms with Crippen LogP contribution in [-0.2, 0) is 25.8 Å². The molecule has 1 aromatic heterocycles. The number of nitrogens with one attached hydrogen (secondary N) is 2. The Morgan fingerprint density at radius 2 is 2.16 bits per heavy atom. The SMILES string of the molecule is CCO/N=C(\C(=O)N[C@@H]1C(=O)N2C(C(=O)O)=C(/C=C/Cn3cccc4nc(C(=O)NC#N)cc3-4)CS[C@H]12)c1csc(N)n1. The van der Waals surface area contributed by atoms with E-state index in [0.29, 0.717) is 23.5 Å². The summed E-state index contributed by atoms with van der Waals surface area (Å²) in [5, 5.41) is 28.3. The minimum Gasteiger partial charge on any atom is -0.477 e. The molecule has 0 unspecified atom stereocenters. The number of aliphatic carboxylic acids is 1. The van der Waals surface area contributed by atoms with Gasteiger partial charge >= 0.3 is 5.97 Å². The number of carboxylic acids is 1. The van der Waals surface area contributed by atoms with Crippen molar-refractivity contribution in [3.8, 4) is 17.6 Å². The van der Waals surface area contributed by atoms with Gasteiger partial charge in [-0.3, -0.25) is 24.6 Å². The van der Waals surface area contributed by atoms with Crippen LogP contribution in [0.5, 0.6) is 0 Å². The third kappa shape index (κ3) is 5.78. The van der Waals surface area contributed by atoms with E-state index in [2.05, 4.69) is 20.4 Å². The maximum absolute atomic E-state index is 13.1. The van der Waals surface area contributed by atoms with E-state index in [-0.39, 0.29) is 40.3 Å². The number of carboxylic acid groups (broad SMARTS) is 1. The van der Waals surface area contributed by atoms with Crippen molar-refractivity contribution in [1.82, 2.24) is 30.1 Å². The molecule has 0 aliphatic carbocycles. The maximum Gasteiger partial charge on any atom is 0.352 e. The molecule has 43 heavy (non-hydrogen) atoms. The van der Waals surface area contributed by atoms with Crippen molar-refractivity contribution in [2.45, 2.75) is 24.9 Å². The molecular formula is C26H23N9O6S2. The second-order valence-corrected chi connectivity index (χ2v) is 11.0. The predicted octanol–water partition coefficient (Wildman–Crippen LogP) is 0.973. The van der Waals surface area contributed by atoms with Gasteiger partial charge in [0.1, 0.15) is 35.1 Å². The highest BCUT2D eigenvalue weighted by molar-refractivity contribution is 8.00. The van der Waals surface area contributed by atoms with E-state index in [4.69, 9.17) is 15.8 Å². The Hall–Kier alpha value is -5.21. The summed E-state index contributed by atoms with van der Waals surface area (Å²) in [4.78, 5) is 64.9. The third-order valence-electron chi connectivity index (χ3n) is 6.38. The van der Waals surface area contributed by atoms with Gasteiger partial charge in [-0.15, -0.1) is 23.1 Å².